The summed E-state index contributed by atoms with van der Waals surface area (Å²) in [5, 5.41) is 1.06. The van der Waals surface area contributed by atoms with Crippen molar-refractivity contribution in [3.63, 3.8) is 0 Å². The lowest BCUT2D eigenvalue weighted by Crippen LogP contribution is -2.03. The normalized spacial score (nSPS) is 11.7. The Balaban J connectivity index is 2.18. The summed E-state index contributed by atoms with van der Waals surface area (Å²) in [7, 11) is 0. The number of carbonyl (C=O) groups excluding carboxylic acids is 1. The molecule has 0 fully saturated rings. The van der Waals surface area contributed by atoms with E-state index < -0.39 is 0 Å². The van der Waals surface area contributed by atoms with Crippen molar-refractivity contribution in [3.8, 4) is 11.3 Å². The molecule has 3 nitrogen and oxygen atoms in total. The topological polar surface area (TPSA) is 42.1 Å². The Morgan fingerprint density at radius 2 is 1.83 bits per heavy atom. The summed E-state index contributed by atoms with van der Waals surface area (Å²) >= 11 is 3.33. The zero-order valence-electron chi connectivity index (χ0n) is 12.7. The first-order chi connectivity index (χ1) is 11.2. The molecule has 0 amide bonds. The Labute approximate surface area is 143 Å². The molecule has 1 N–H and O–H groups in total. The number of hydrogen-bond donors (Lipinski definition) is 1. The highest BCUT2D eigenvalue weighted by Crippen LogP contribution is 2.32. The summed E-state index contributed by atoms with van der Waals surface area (Å²) in [6.07, 6.45) is 1.82. The van der Waals surface area contributed by atoms with E-state index in [0.717, 1.165) is 27.7 Å². The van der Waals surface area contributed by atoms with Crippen molar-refractivity contribution in [2.45, 2.75) is 6.92 Å². The number of rotatable bonds is 4. The van der Waals surface area contributed by atoms with Crippen LogP contribution in [0.15, 0.2) is 59.1 Å². The lowest BCUT2D eigenvalue weighted by atomic mass is 10.0. The molecular weight excluding hydrogens is 354 g/mol. The summed E-state index contributed by atoms with van der Waals surface area (Å²) in [6, 6.07) is 18.1. The van der Waals surface area contributed by atoms with Crippen LogP contribution in [0.4, 0.5) is 0 Å². The smallest absolute Gasteiger partial charge is 0.345 e. The summed E-state index contributed by atoms with van der Waals surface area (Å²) in [6.45, 7) is 2.14. The van der Waals surface area contributed by atoms with Crippen LogP contribution in [0.1, 0.15) is 12.5 Å². The Morgan fingerprint density at radius 1 is 1.13 bits per heavy atom. The maximum Gasteiger partial charge on any atom is 0.345 e. The number of para-hydroxylation sites is 1. The van der Waals surface area contributed by atoms with Crippen molar-refractivity contribution in [2.24, 2.45) is 0 Å². The van der Waals surface area contributed by atoms with Crippen molar-refractivity contribution < 1.29 is 9.53 Å². The summed E-state index contributed by atoms with van der Waals surface area (Å²) in [4.78, 5) is 15.3. The predicted octanol–water partition coefficient (Wildman–Crippen LogP) is 5.13. The van der Waals surface area contributed by atoms with Gasteiger partial charge in [-0.15, -0.1) is 0 Å². The van der Waals surface area contributed by atoms with Crippen LogP contribution < -0.4 is 0 Å². The van der Waals surface area contributed by atoms with Crippen LogP contribution in [-0.2, 0) is 9.53 Å². The molecule has 0 atom stereocenters. The van der Waals surface area contributed by atoms with E-state index in [1.54, 1.807) is 6.92 Å². The minimum Gasteiger partial charge on any atom is -0.462 e. The molecule has 2 aromatic carbocycles. The van der Waals surface area contributed by atoms with Gasteiger partial charge in [0.05, 0.1) is 12.3 Å². The highest BCUT2D eigenvalue weighted by molar-refractivity contribution is 9.12. The third kappa shape index (κ3) is 3.22. The van der Waals surface area contributed by atoms with Crippen molar-refractivity contribution >= 4 is 38.9 Å². The minimum atomic E-state index is -0.364. The summed E-state index contributed by atoms with van der Waals surface area (Å²) < 4.78 is 5.45. The Hall–Kier alpha value is -2.33. The van der Waals surface area contributed by atoms with E-state index in [0.29, 0.717) is 11.1 Å². The number of aromatic nitrogens is 1. The molecule has 23 heavy (non-hydrogen) atoms. The van der Waals surface area contributed by atoms with Crippen LogP contribution >= 0.6 is 15.9 Å². The fraction of sp³-hybridized carbons (Fsp3) is 0.105. The number of aromatic amines is 1. The molecule has 0 aliphatic heterocycles. The average Bonchev–Trinajstić information content (AvgIpc) is 2.94. The number of carbonyl (C=O) groups is 1. The standard InChI is InChI=1S/C19H16BrNO2/c1-2-23-19(22)16(20)12-15-14-10-6-7-11-17(14)21-18(15)13-8-4-3-5-9-13/h3-12,21H,2H2,1H3/b16-12-. The molecule has 0 aliphatic carbocycles. The Kier molecular flexibility index (Phi) is 4.63. The second-order valence-electron chi connectivity index (χ2n) is 5.04. The number of halogens is 1. The zero-order valence-corrected chi connectivity index (χ0v) is 14.3. The van der Waals surface area contributed by atoms with E-state index in [-0.39, 0.29) is 5.97 Å². The van der Waals surface area contributed by atoms with Gasteiger partial charge in [-0.05, 0) is 40.6 Å². The van der Waals surface area contributed by atoms with Crippen LogP contribution in [0.5, 0.6) is 0 Å². The molecule has 0 bridgehead atoms. The second-order valence-corrected chi connectivity index (χ2v) is 5.89. The SMILES string of the molecule is CCOC(=O)/C(Br)=C/c1c(-c2ccccc2)[nH]c2ccccc12. The van der Waals surface area contributed by atoms with Gasteiger partial charge < -0.3 is 9.72 Å². The lowest BCUT2D eigenvalue weighted by molar-refractivity contribution is -0.137. The van der Waals surface area contributed by atoms with Crippen molar-refractivity contribution in [2.75, 3.05) is 6.61 Å². The van der Waals surface area contributed by atoms with Crippen molar-refractivity contribution in [1.82, 2.24) is 4.98 Å². The molecule has 116 valence electrons. The molecule has 0 saturated carbocycles. The molecule has 4 heteroatoms. The lowest BCUT2D eigenvalue weighted by Gasteiger charge is -2.03. The summed E-state index contributed by atoms with van der Waals surface area (Å²) in [5.41, 5.74) is 4.04. The van der Waals surface area contributed by atoms with Crippen LogP contribution in [0.25, 0.3) is 28.2 Å². The molecule has 1 heterocycles. The fourth-order valence-electron chi connectivity index (χ4n) is 2.53. The largest absolute Gasteiger partial charge is 0.462 e. The number of nitrogens with one attached hydrogen (secondary N) is 1. The zero-order chi connectivity index (χ0) is 16.2. The van der Waals surface area contributed by atoms with Gasteiger partial charge in [-0.2, -0.15) is 0 Å². The monoisotopic (exact) mass is 369 g/mol. The molecule has 0 spiro atoms. The highest BCUT2D eigenvalue weighted by atomic mass is 79.9. The van der Waals surface area contributed by atoms with E-state index in [4.69, 9.17) is 4.74 Å². The quantitative estimate of drug-likeness (QED) is 0.511. The van der Waals surface area contributed by atoms with Crippen LogP contribution in [0.2, 0.25) is 0 Å². The maximum atomic E-state index is 11.9. The molecule has 0 radical (unpaired) electrons. The van der Waals surface area contributed by atoms with Crippen LogP contribution in [0, 0.1) is 0 Å². The third-order valence-electron chi connectivity index (χ3n) is 3.55. The minimum absolute atomic E-state index is 0.348. The van der Waals surface area contributed by atoms with E-state index in [2.05, 4.69) is 20.9 Å². The van der Waals surface area contributed by atoms with E-state index in [1.807, 2.05) is 60.7 Å². The van der Waals surface area contributed by atoms with Crippen LogP contribution in [0.3, 0.4) is 0 Å². The number of esters is 1. The number of benzene rings is 2. The van der Waals surface area contributed by atoms with Gasteiger partial charge in [0, 0.05) is 16.5 Å². The molecule has 3 aromatic rings. The van der Waals surface area contributed by atoms with Gasteiger partial charge in [0.2, 0.25) is 0 Å². The molecule has 1 aromatic heterocycles. The van der Waals surface area contributed by atoms with Crippen LogP contribution in [-0.4, -0.2) is 17.6 Å². The Morgan fingerprint density at radius 3 is 2.57 bits per heavy atom. The average molecular weight is 370 g/mol. The first kappa shape index (κ1) is 15.6. The van der Waals surface area contributed by atoms with Gasteiger partial charge in [-0.1, -0.05) is 48.5 Å². The molecule has 0 saturated heterocycles. The molecule has 3 rings (SSSR count). The predicted molar refractivity (Wildman–Crippen MR) is 97.3 cm³/mol. The number of ether oxygens (including phenoxy) is 1. The van der Waals surface area contributed by atoms with Crippen molar-refractivity contribution in [1.29, 1.82) is 0 Å². The van der Waals surface area contributed by atoms with Gasteiger partial charge >= 0.3 is 5.97 Å². The van der Waals surface area contributed by atoms with Gasteiger partial charge in [0.1, 0.15) is 4.48 Å². The van der Waals surface area contributed by atoms with Gasteiger partial charge in [-0.25, -0.2) is 4.79 Å². The number of fused-ring (bicyclic) bond motifs is 1. The Bertz CT molecular complexity index is 865. The van der Waals surface area contributed by atoms with Gasteiger partial charge in [-0.3, -0.25) is 0 Å². The molecular formula is C19H16BrNO2. The third-order valence-corrected chi connectivity index (χ3v) is 4.10. The van der Waals surface area contributed by atoms with Crippen molar-refractivity contribution in [3.05, 3.63) is 64.6 Å². The van der Waals surface area contributed by atoms with E-state index in [9.17, 15) is 4.79 Å². The van der Waals surface area contributed by atoms with E-state index in [1.165, 1.54) is 0 Å². The first-order valence-corrected chi connectivity index (χ1v) is 8.20. The molecule has 0 unspecified atom stereocenters. The number of H-pyrrole nitrogens is 1. The number of hydrogen-bond acceptors (Lipinski definition) is 2. The summed E-state index contributed by atoms with van der Waals surface area (Å²) in [5.74, 6) is -0.364. The van der Waals surface area contributed by atoms with Gasteiger partial charge in [0.15, 0.2) is 0 Å². The molecule has 0 aliphatic rings. The maximum absolute atomic E-state index is 11.9. The second kappa shape index (κ2) is 6.84. The van der Waals surface area contributed by atoms with E-state index >= 15 is 0 Å². The first-order valence-electron chi connectivity index (χ1n) is 7.41. The van der Waals surface area contributed by atoms with Gasteiger partial charge in [0.25, 0.3) is 0 Å². The highest BCUT2D eigenvalue weighted by Gasteiger charge is 2.14. The fourth-order valence-corrected chi connectivity index (χ4v) is 2.88.